The van der Waals surface area contributed by atoms with Gasteiger partial charge in [-0.2, -0.15) is 0 Å². The van der Waals surface area contributed by atoms with E-state index >= 15 is 0 Å². The molecule has 106 valence electrons. The van der Waals surface area contributed by atoms with Crippen molar-refractivity contribution in [3.05, 3.63) is 45.5 Å². The lowest BCUT2D eigenvalue weighted by molar-refractivity contribution is 0.112. The third kappa shape index (κ3) is 2.85. The van der Waals surface area contributed by atoms with E-state index in [-0.39, 0.29) is 24.7 Å². The van der Waals surface area contributed by atoms with Gasteiger partial charge in [-0.05, 0) is 18.2 Å². The summed E-state index contributed by atoms with van der Waals surface area (Å²) in [4.78, 5) is 22.2. The van der Waals surface area contributed by atoms with Gasteiger partial charge >= 0.3 is 5.69 Å². The van der Waals surface area contributed by atoms with Crippen molar-refractivity contribution < 1.29 is 14.6 Å². The first kappa shape index (κ1) is 14.2. The van der Waals surface area contributed by atoms with Gasteiger partial charge in [-0.3, -0.25) is 13.9 Å². The van der Waals surface area contributed by atoms with Crippen molar-refractivity contribution in [1.82, 2.24) is 9.13 Å². The third-order valence-corrected chi connectivity index (χ3v) is 3.08. The molecule has 20 heavy (non-hydrogen) atoms. The van der Waals surface area contributed by atoms with Gasteiger partial charge in [0.05, 0.1) is 17.8 Å². The van der Waals surface area contributed by atoms with E-state index in [9.17, 15) is 14.7 Å². The number of ether oxygens (including phenoxy) is 1. The molecule has 2 rings (SSSR count). The summed E-state index contributed by atoms with van der Waals surface area (Å²) in [5.41, 5.74) is 0.132. The summed E-state index contributed by atoms with van der Waals surface area (Å²) in [6.07, 6.45) is 2.02. The largest absolute Gasteiger partial charge is 0.493 e. The number of halogens is 1. The quantitative estimate of drug-likeness (QED) is 0.847. The molecule has 0 aliphatic rings. The Kier molecular flexibility index (Phi) is 4.14. The number of rotatable bonds is 5. The van der Waals surface area contributed by atoms with Crippen molar-refractivity contribution in [2.45, 2.75) is 6.54 Å². The number of aromatic nitrogens is 2. The van der Waals surface area contributed by atoms with E-state index in [1.165, 1.54) is 21.4 Å². The van der Waals surface area contributed by atoms with Crippen molar-refractivity contribution >= 4 is 17.9 Å². The van der Waals surface area contributed by atoms with Crippen LogP contribution in [-0.4, -0.2) is 27.1 Å². The lowest BCUT2D eigenvalue weighted by Crippen LogP contribution is -2.24. The molecule has 0 aliphatic carbocycles. The molecule has 0 radical (unpaired) electrons. The minimum absolute atomic E-state index is 0.122. The first-order valence-electron chi connectivity index (χ1n) is 5.85. The number of carbonyl (C=O) groups excluding carboxylic acids is 1. The van der Waals surface area contributed by atoms with Gasteiger partial charge in [-0.15, -0.1) is 0 Å². The fourth-order valence-electron chi connectivity index (χ4n) is 1.75. The van der Waals surface area contributed by atoms with E-state index in [2.05, 4.69) is 0 Å². The van der Waals surface area contributed by atoms with Gasteiger partial charge in [0.2, 0.25) is 5.88 Å². The van der Waals surface area contributed by atoms with Crippen LogP contribution >= 0.6 is 11.6 Å². The summed E-state index contributed by atoms with van der Waals surface area (Å²) < 4.78 is 7.90. The second-order valence-electron chi connectivity index (χ2n) is 4.19. The second kappa shape index (κ2) is 5.83. The van der Waals surface area contributed by atoms with Crippen molar-refractivity contribution in [3.63, 3.8) is 0 Å². The summed E-state index contributed by atoms with van der Waals surface area (Å²) >= 11 is 5.95. The average molecular weight is 297 g/mol. The maximum atomic E-state index is 11.6. The molecule has 0 bridgehead atoms. The zero-order chi connectivity index (χ0) is 14.7. The van der Waals surface area contributed by atoms with Gasteiger partial charge in [0, 0.05) is 12.6 Å². The predicted molar refractivity (Wildman–Crippen MR) is 73.7 cm³/mol. The minimum Gasteiger partial charge on any atom is -0.493 e. The first-order chi connectivity index (χ1) is 9.52. The number of aromatic hydroxyl groups is 1. The Hall–Kier alpha value is -2.21. The summed E-state index contributed by atoms with van der Waals surface area (Å²) in [6.45, 7) is 0.356. The Morgan fingerprint density at radius 3 is 2.75 bits per heavy atom. The van der Waals surface area contributed by atoms with Crippen molar-refractivity contribution in [2.24, 2.45) is 7.05 Å². The molecule has 0 amide bonds. The van der Waals surface area contributed by atoms with Crippen molar-refractivity contribution in [3.8, 4) is 11.6 Å². The molecule has 0 atom stereocenters. The third-order valence-electron chi connectivity index (χ3n) is 2.78. The molecule has 1 heterocycles. The molecule has 0 aliphatic heterocycles. The Morgan fingerprint density at radius 2 is 2.20 bits per heavy atom. The van der Waals surface area contributed by atoms with Crippen molar-refractivity contribution in [2.75, 3.05) is 6.61 Å². The lowest BCUT2D eigenvalue weighted by Gasteiger charge is -2.08. The maximum absolute atomic E-state index is 11.6. The second-order valence-corrected chi connectivity index (χ2v) is 4.60. The maximum Gasteiger partial charge on any atom is 0.330 e. The Bertz CT molecular complexity index is 690. The number of hydrogen-bond acceptors (Lipinski definition) is 4. The van der Waals surface area contributed by atoms with Crippen LogP contribution in [0.1, 0.15) is 10.4 Å². The number of carbonyl (C=O) groups is 1. The Labute approximate surface area is 119 Å². The Balaban J connectivity index is 2.03. The zero-order valence-electron chi connectivity index (χ0n) is 10.7. The normalized spacial score (nSPS) is 10.5. The molecular weight excluding hydrogens is 284 g/mol. The lowest BCUT2D eigenvalue weighted by atomic mass is 10.2. The highest BCUT2D eigenvalue weighted by molar-refractivity contribution is 6.32. The number of imidazole rings is 1. The SMILES string of the molecule is Cn1cc(O)n(CCOc2ccc(C=O)cc2Cl)c1=O. The van der Waals surface area contributed by atoms with Crippen LogP contribution in [0.25, 0.3) is 0 Å². The highest BCUT2D eigenvalue weighted by Gasteiger charge is 2.08. The molecule has 0 fully saturated rings. The van der Waals surface area contributed by atoms with Gasteiger partial charge in [-0.1, -0.05) is 11.6 Å². The van der Waals surface area contributed by atoms with Crippen LogP contribution in [0, 0.1) is 0 Å². The summed E-state index contributed by atoms with van der Waals surface area (Å²) in [5, 5.41) is 9.87. The molecule has 1 aromatic carbocycles. The number of hydrogen-bond donors (Lipinski definition) is 1. The smallest absolute Gasteiger partial charge is 0.330 e. The number of aldehydes is 1. The molecule has 0 spiro atoms. The van der Waals surface area contributed by atoms with Crippen LogP contribution in [0.4, 0.5) is 0 Å². The van der Waals surface area contributed by atoms with Gasteiger partial charge < -0.3 is 9.84 Å². The fraction of sp³-hybridized carbons (Fsp3) is 0.231. The average Bonchev–Trinajstić information content (AvgIpc) is 2.66. The number of nitrogens with zero attached hydrogens (tertiary/aromatic N) is 2. The van der Waals surface area contributed by atoms with E-state index in [1.54, 1.807) is 19.2 Å². The zero-order valence-corrected chi connectivity index (χ0v) is 11.5. The highest BCUT2D eigenvalue weighted by Crippen LogP contribution is 2.24. The van der Waals surface area contributed by atoms with Crippen LogP contribution in [-0.2, 0) is 13.6 Å². The topological polar surface area (TPSA) is 73.5 Å². The molecule has 1 N–H and O–H groups in total. The molecule has 0 saturated carbocycles. The van der Waals surface area contributed by atoms with Crippen LogP contribution in [0.3, 0.4) is 0 Å². The van der Waals surface area contributed by atoms with Gasteiger partial charge in [-0.25, -0.2) is 4.79 Å². The number of aryl methyl sites for hydroxylation is 1. The van der Waals surface area contributed by atoms with Gasteiger partial charge in [0.25, 0.3) is 0 Å². The van der Waals surface area contributed by atoms with E-state index in [4.69, 9.17) is 16.3 Å². The van der Waals surface area contributed by atoms with Crippen LogP contribution in [0.15, 0.2) is 29.2 Å². The molecular formula is C13H13ClN2O4. The van der Waals surface area contributed by atoms with Crippen LogP contribution < -0.4 is 10.4 Å². The molecule has 6 nitrogen and oxygen atoms in total. The molecule has 0 unspecified atom stereocenters. The summed E-state index contributed by atoms with van der Waals surface area (Å²) in [5.74, 6) is 0.296. The molecule has 1 aromatic heterocycles. The van der Waals surface area contributed by atoms with Crippen LogP contribution in [0.5, 0.6) is 11.6 Å². The van der Waals surface area contributed by atoms with E-state index in [1.807, 2.05) is 0 Å². The van der Waals surface area contributed by atoms with Crippen LogP contribution in [0.2, 0.25) is 5.02 Å². The monoisotopic (exact) mass is 296 g/mol. The molecule has 7 heteroatoms. The highest BCUT2D eigenvalue weighted by atomic mass is 35.5. The minimum atomic E-state index is -0.325. The first-order valence-corrected chi connectivity index (χ1v) is 6.23. The summed E-state index contributed by atoms with van der Waals surface area (Å²) in [7, 11) is 1.55. The molecule has 0 saturated heterocycles. The van der Waals surface area contributed by atoms with Crippen molar-refractivity contribution in [1.29, 1.82) is 0 Å². The fourth-order valence-corrected chi connectivity index (χ4v) is 1.99. The molecule has 2 aromatic rings. The van der Waals surface area contributed by atoms with Gasteiger partial charge in [0.15, 0.2) is 0 Å². The Morgan fingerprint density at radius 1 is 1.45 bits per heavy atom. The summed E-state index contributed by atoms with van der Waals surface area (Å²) in [6, 6.07) is 4.66. The van der Waals surface area contributed by atoms with E-state index in [0.717, 1.165) is 0 Å². The van der Waals surface area contributed by atoms with E-state index < -0.39 is 0 Å². The standard InChI is InChI=1S/C13H13ClN2O4/c1-15-7-12(18)16(13(15)19)4-5-20-11-3-2-9(8-17)6-10(11)14/h2-3,6-8,18H,4-5H2,1H3. The van der Waals surface area contributed by atoms with E-state index in [0.29, 0.717) is 22.6 Å². The predicted octanol–water partition coefficient (Wildman–Crippen LogP) is 1.44. The number of benzene rings is 1. The van der Waals surface area contributed by atoms with Gasteiger partial charge in [0.1, 0.15) is 18.6 Å².